The average Bonchev–Trinajstić information content (AvgIpc) is 2.59. The summed E-state index contributed by atoms with van der Waals surface area (Å²) in [6.45, 7) is 3.71. The van der Waals surface area contributed by atoms with Gasteiger partial charge in [-0.15, -0.1) is 0 Å². The molecule has 5 nitrogen and oxygen atoms in total. The molecule has 2 aliphatic rings. The van der Waals surface area contributed by atoms with Crippen LogP contribution in [0.4, 0.5) is 4.79 Å². The molecule has 0 saturated heterocycles. The van der Waals surface area contributed by atoms with Crippen molar-refractivity contribution in [1.29, 1.82) is 0 Å². The first kappa shape index (κ1) is 16.8. The summed E-state index contributed by atoms with van der Waals surface area (Å²) in [7, 11) is 0. The predicted molar refractivity (Wildman–Crippen MR) is 96.3 cm³/mol. The molecule has 0 atom stereocenters. The minimum absolute atomic E-state index is 0.130. The van der Waals surface area contributed by atoms with E-state index >= 15 is 0 Å². The molecule has 3 amide bonds. The van der Waals surface area contributed by atoms with Crippen molar-refractivity contribution < 1.29 is 9.59 Å². The molecule has 1 aliphatic carbocycles. The van der Waals surface area contributed by atoms with Gasteiger partial charge in [-0.3, -0.25) is 4.79 Å². The molecule has 126 valence electrons. The highest BCUT2D eigenvalue weighted by molar-refractivity contribution is 9.12. The fraction of sp³-hybridized carbons (Fsp3) is 0.333. The fourth-order valence-corrected chi connectivity index (χ4v) is 3.63. The van der Waals surface area contributed by atoms with Crippen LogP contribution in [0.2, 0.25) is 0 Å². The number of hydrogen-bond acceptors (Lipinski definition) is 2. The lowest BCUT2D eigenvalue weighted by Gasteiger charge is -2.30. The maximum absolute atomic E-state index is 12.4. The van der Waals surface area contributed by atoms with Crippen LogP contribution < -0.4 is 16.0 Å². The fourth-order valence-electron chi connectivity index (χ4n) is 3.25. The van der Waals surface area contributed by atoms with Gasteiger partial charge >= 0.3 is 6.03 Å². The van der Waals surface area contributed by atoms with Crippen LogP contribution >= 0.6 is 15.9 Å². The third kappa shape index (κ3) is 3.70. The molecule has 1 fully saturated rings. The van der Waals surface area contributed by atoms with Gasteiger partial charge in [0.2, 0.25) is 0 Å². The molecule has 3 rings (SSSR count). The van der Waals surface area contributed by atoms with Crippen LogP contribution in [0.1, 0.15) is 37.2 Å². The minimum Gasteiger partial charge on any atom is -0.348 e. The SMILES string of the molecule is C=C1NC(=O)NC(C(=O)N[C@H]2CC[C@@H](c3ccccc3)CC2)=C1Br. The number of halogens is 1. The number of urea groups is 1. The van der Waals surface area contributed by atoms with E-state index in [4.69, 9.17) is 0 Å². The monoisotopic (exact) mass is 389 g/mol. The van der Waals surface area contributed by atoms with Crippen molar-refractivity contribution in [2.45, 2.75) is 37.6 Å². The maximum Gasteiger partial charge on any atom is 0.323 e. The largest absolute Gasteiger partial charge is 0.348 e. The highest BCUT2D eigenvalue weighted by Gasteiger charge is 2.28. The third-order valence-corrected chi connectivity index (χ3v) is 5.42. The molecule has 0 aromatic heterocycles. The number of hydrogen-bond donors (Lipinski definition) is 3. The summed E-state index contributed by atoms with van der Waals surface area (Å²) in [4.78, 5) is 23.9. The first-order chi connectivity index (χ1) is 11.5. The van der Waals surface area contributed by atoms with E-state index in [-0.39, 0.29) is 17.6 Å². The maximum atomic E-state index is 12.4. The van der Waals surface area contributed by atoms with Gasteiger partial charge in [0.05, 0.1) is 10.2 Å². The second kappa shape index (κ2) is 7.21. The molecule has 0 bridgehead atoms. The van der Waals surface area contributed by atoms with Crippen LogP contribution in [0, 0.1) is 0 Å². The van der Waals surface area contributed by atoms with E-state index in [1.165, 1.54) is 5.56 Å². The lowest BCUT2D eigenvalue weighted by molar-refractivity contribution is -0.118. The molecule has 1 saturated carbocycles. The minimum atomic E-state index is -0.443. The summed E-state index contributed by atoms with van der Waals surface area (Å²) < 4.78 is 0.484. The first-order valence-corrected chi connectivity index (χ1v) is 8.86. The normalized spacial score (nSPS) is 24.2. The molecule has 0 radical (unpaired) electrons. The average molecular weight is 390 g/mol. The second-order valence-electron chi connectivity index (χ2n) is 6.18. The van der Waals surface area contributed by atoms with E-state index < -0.39 is 6.03 Å². The highest BCUT2D eigenvalue weighted by Crippen LogP contribution is 2.33. The van der Waals surface area contributed by atoms with Crippen molar-refractivity contribution in [2.24, 2.45) is 0 Å². The summed E-state index contributed by atoms with van der Waals surface area (Å²) in [5.74, 6) is 0.282. The van der Waals surface area contributed by atoms with Gasteiger partial charge in [-0.25, -0.2) is 4.79 Å². The van der Waals surface area contributed by atoms with Gasteiger partial charge in [0.1, 0.15) is 5.70 Å². The van der Waals surface area contributed by atoms with Gasteiger partial charge < -0.3 is 16.0 Å². The zero-order valence-corrected chi connectivity index (χ0v) is 14.9. The van der Waals surface area contributed by atoms with Crippen molar-refractivity contribution in [3.63, 3.8) is 0 Å². The van der Waals surface area contributed by atoms with Gasteiger partial charge in [0.25, 0.3) is 5.91 Å². The molecular formula is C18H20BrN3O2. The molecular weight excluding hydrogens is 370 g/mol. The number of nitrogens with one attached hydrogen (secondary N) is 3. The van der Waals surface area contributed by atoms with Crippen LogP contribution in [-0.4, -0.2) is 18.0 Å². The zero-order chi connectivity index (χ0) is 17.1. The highest BCUT2D eigenvalue weighted by atomic mass is 79.9. The quantitative estimate of drug-likeness (QED) is 0.742. The Kier molecular flexibility index (Phi) is 5.04. The van der Waals surface area contributed by atoms with Crippen LogP contribution in [0.5, 0.6) is 0 Å². The van der Waals surface area contributed by atoms with Crippen molar-refractivity contribution in [3.05, 3.63) is 58.4 Å². The molecule has 1 aromatic rings. The van der Waals surface area contributed by atoms with Crippen molar-refractivity contribution >= 4 is 27.9 Å². The Balaban J connectivity index is 1.58. The van der Waals surface area contributed by atoms with Gasteiger partial charge in [0, 0.05) is 6.04 Å². The molecule has 0 unspecified atom stereocenters. The van der Waals surface area contributed by atoms with Crippen LogP contribution in [0.25, 0.3) is 0 Å². The standard InChI is InChI=1S/C18H20BrN3O2/c1-11-15(19)16(22-18(24)20-11)17(23)21-14-9-7-13(8-10-14)12-5-3-2-4-6-12/h2-6,13-14H,1,7-10H2,(H,21,23)(H2,20,22,24)/t13-,14+. The van der Waals surface area contributed by atoms with E-state index in [0.29, 0.717) is 16.1 Å². The van der Waals surface area contributed by atoms with Crippen LogP contribution in [0.3, 0.4) is 0 Å². The lowest BCUT2D eigenvalue weighted by Crippen LogP contribution is -2.47. The van der Waals surface area contributed by atoms with Gasteiger partial charge in [0.15, 0.2) is 0 Å². The molecule has 3 N–H and O–H groups in total. The Morgan fingerprint density at radius 1 is 1.12 bits per heavy atom. The van der Waals surface area contributed by atoms with Crippen molar-refractivity contribution in [2.75, 3.05) is 0 Å². The van der Waals surface area contributed by atoms with Crippen molar-refractivity contribution in [1.82, 2.24) is 16.0 Å². The first-order valence-electron chi connectivity index (χ1n) is 8.07. The molecule has 24 heavy (non-hydrogen) atoms. The number of carbonyl (C=O) groups is 2. The molecule has 0 spiro atoms. The molecule has 1 aromatic carbocycles. The van der Waals surface area contributed by atoms with Gasteiger partial charge in [-0.1, -0.05) is 36.9 Å². The van der Waals surface area contributed by atoms with E-state index in [0.717, 1.165) is 25.7 Å². The number of benzene rings is 1. The zero-order valence-electron chi connectivity index (χ0n) is 13.3. The molecule has 1 heterocycles. The molecule has 6 heteroatoms. The summed E-state index contributed by atoms with van der Waals surface area (Å²) in [6, 6.07) is 10.2. The topological polar surface area (TPSA) is 70.2 Å². The van der Waals surface area contributed by atoms with E-state index in [9.17, 15) is 9.59 Å². The number of carbonyl (C=O) groups excluding carboxylic acids is 2. The summed E-state index contributed by atoms with van der Waals surface area (Å²) in [6.07, 6.45) is 3.97. The smallest absolute Gasteiger partial charge is 0.323 e. The summed E-state index contributed by atoms with van der Waals surface area (Å²) >= 11 is 3.30. The Morgan fingerprint density at radius 3 is 2.46 bits per heavy atom. The summed E-state index contributed by atoms with van der Waals surface area (Å²) in [5.41, 5.74) is 1.97. The Bertz CT molecular complexity index is 691. The second-order valence-corrected chi connectivity index (χ2v) is 6.97. The number of amides is 3. The number of rotatable bonds is 3. The van der Waals surface area contributed by atoms with E-state index in [2.05, 4.69) is 62.7 Å². The van der Waals surface area contributed by atoms with E-state index in [1.807, 2.05) is 6.07 Å². The molecule has 1 aliphatic heterocycles. The van der Waals surface area contributed by atoms with Crippen LogP contribution in [-0.2, 0) is 4.79 Å². The Hall–Kier alpha value is -2.08. The van der Waals surface area contributed by atoms with Gasteiger partial charge in [-0.2, -0.15) is 0 Å². The van der Waals surface area contributed by atoms with Crippen LogP contribution in [0.15, 0.2) is 52.8 Å². The Labute approximate surface area is 149 Å². The Morgan fingerprint density at radius 2 is 1.79 bits per heavy atom. The van der Waals surface area contributed by atoms with Crippen molar-refractivity contribution in [3.8, 4) is 0 Å². The predicted octanol–water partition coefficient (Wildman–Crippen LogP) is 3.26. The lowest BCUT2D eigenvalue weighted by atomic mass is 9.82. The summed E-state index contributed by atoms with van der Waals surface area (Å²) in [5, 5.41) is 8.06. The number of allylic oxidation sites excluding steroid dienone is 1. The third-order valence-electron chi connectivity index (χ3n) is 4.55. The van der Waals surface area contributed by atoms with Gasteiger partial charge in [-0.05, 0) is 53.1 Å². The van der Waals surface area contributed by atoms with E-state index in [1.54, 1.807) is 0 Å².